The largest absolute Gasteiger partial charge is 0.466 e. The van der Waals surface area contributed by atoms with Crippen molar-refractivity contribution in [2.45, 2.75) is 482 Å². The molecule has 0 saturated carbocycles. The summed E-state index contributed by atoms with van der Waals surface area (Å²) in [4.78, 5) is 24.7. The van der Waals surface area contributed by atoms with Gasteiger partial charge in [0.05, 0.1) is 25.4 Å². The molecule has 0 spiro atoms. The van der Waals surface area contributed by atoms with Gasteiger partial charge in [0.1, 0.15) is 0 Å². The molecule has 0 bridgehead atoms. The number of rotatable bonds is 78. The summed E-state index contributed by atoms with van der Waals surface area (Å²) in [6.45, 7) is 5.01. The van der Waals surface area contributed by atoms with Crippen LogP contribution in [0.4, 0.5) is 0 Å². The van der Waals surface area contributed by atoms with Gasteiger partial charge in [-0.1, -0.05) is 423 Å². The third-order valence-electron chi connectivity index (χ3n) is 19.5. The second-order valence-corrected chi connectivity index (χ2v) is 28.5. The number of unbranched alkanes of at least 4 members (excludes halogenated alkanes) is 63. The van der Waals surface area contributed by atoms with Gasteiger partial charge in [0.15, 0.2) is 0 Å². The summed E-state index contributed by atoms with van der Waals surface area (Å²) in [5.41, 5.74) is 0. The monoisotopic (exact) mass is 1250 g/mol. The predicted molar refractivity (Wildman–Crippen MR) is 393 cm³/mol. The Kier molecular flexibility index (Phi) is 77.3. The van der Waals surface area contributed by atoms with Crippen molar-refractivity contribution in [3.8, 4) is 0 Å². The van der Waals surface area contributed by atoms with E-state index >= 15 is 0 Å². The quantitative estimate of drug-likeness (QED) is 0.0320. The van der Waals surface area contributed by atoms with E-state index in [1.807, 2.05) is 0 Å². The number of carbonyl (C=O) groups excluding carboxylic acids is 2. The molecule has 0 saturated heterocycles. The van der Waals surface area contributed by atoms with Gasteiger partial charge in [0.2, 0.25) is 5.91 Å². The second kappa shape index (κ2) is 78.8. The Morgan fingerprint density at radius 1 is 0.315 bits per heavy atom. The third kappa shape index (κ3) is 75.3. The zero-order valence-corrected chi connectivity index (χ0v) is 60.7. The van der Waals surface area contributed by atoms with Crippen LogP contribution in [0.15, 0.2) is 24.3 Å². The fourth-order valence-electron chi connectivity index (χ4n) is 13.3. The minimum Gasteiger partial charge on any atom is -0.466 e. The predicted octanol–water partition coefficient (Wildman–Crippen LogP) is 27.2. The van der Waals surface area contributed by atoms with Crippen molar-refractivity contribution in [1.82, 2.24) is 5.32 Å². The summed E-state index contributed by atoms with van der Waals surface area (Å²) >= 11 is 0. The number of nitrogens with one attached hydrogen (secondary N) is 1. The lowest BCUT2D eigenvalue weighted by atomic mass is 10.0. The maximum atomic E-state index is 12.5. The van der Waals surface area contributed by atoms with Crippen molar-refractivity contribution >= 4 is 11.9 Å². The number of amides is 1. The molecule has 2 unspecified atom stereocenters. The molecule has 1 amide bonds. The van der Waals surface area contributed by atoms with E-state index in [1.165, 1.54) is 392 Å². The van der Waals surface area contributed by atoms with E-state index in [9.17, 15) is 19.8 Å². The number of aliphatic hydroxyl groups is 2. The molecule has 0 aromatic carbocycles. The first kappa shape index (κ1) is 87.3. The Morgan fingerprint density at radius 2 is 0.562 bits per heavy atom. The number of carbonyl (C=O) groups is 2. The van der Waals surface area contributed by atoms with Crippen LogP contribution in [-0.4, -0.2) is 47.4 Å². The average Bonchev–Trinajstić information content (AvgIpc) is 3.63. The summed E-state index contributed by atoms with van der Waals surface area (Å²) < 4.78 is 5.52. The summed E-state index contributed by atoms with van der Waals surface area (Å²) in [7, 11) is 0. The lowest BCUT2D eigenvalue weighted by Gasteiger charge is -2.22. The molecule has 0 aromatic heterocycles. The second-order valence-electron chi connectivity index (χ2n) is 28.5. The molecule has 0 heterocycles. The summed E-state index contributed by atoms with van der Waals surface area (Å²) in [6.07, 6.45) is 101. The zero-order chi connectivity index (χ0) is 64.2. The van der Waals surface area contributed by atoms with Crippen molar-refractivity contribution in [2.75, 3.05) is 13.2 Å². The third-order valence-corrected chi connectivity index (χ3v) is 19.5. The normalized spacial score (nSPS) is 12.5. The number of esters is 1. The van der Waals surface area contributed by atoms with Gasteiger partial charge in [-0.15, -0.1) is 0 Å². The smallest absolute Gasteiger partial charge is 0.305 e. The number of allylic oxidation sites excluding steroid dienone is 4. The fourth-order valence-corrected chi connectivity index (χ4v) is 13.3. The van der Waals surface area contributed by atoms with Crippen LogP contribution in [0.5, 0.6) is 0 Å². The van der Waals surface area contributed by atoms with Crippen LogP contribution in [0.25, 0.3) is 0 Å². The molecule has 6 heteroatoms. The van der Waals surface area contributed by atoms with Crippen molar-refractivity contribution in [3.05, 3.63) is 24.3 Å². The minimum absolute atomic E-state index is 0.0227. The van der Waals surface area contributed by atoms with Crippen LogP contribution in [0, 0.1) is 0 Å². The van der Waals surface area contributed by atoms with Crippen LogP contribution in [0.1, 0.15) is 470 Å². The lowest BCUT2D eigenvalue weighted by Crippen LogP contribution is -2.45. The molecule has 0 radical (unpaired) electrons. The van der Waals surface area contributed by atoms with E-state index in [4.69, 9.17) is 4.74 Å². The first-order valence-electron chi connectivity index (χ1n) is 41.1. The number of hydrogen-bond acceptors (Lipinski definition) is 5. The Balaban J connectivity index is 3.35. The van der Waals surface area contributed by atoms with Crippen LogP contribution < -0.4 is 5.32 Å². The molecule has 3 N–H and O–H groups in total. The number of ether oxygens (including phenoxy) is 1. The van der Waals surface area contributed by atoms with Gasteiger partial charge in [-0.05, 0) is 57.8 Å². The highest BCUT2D eigenvalue weighted by molar-refractivity contribution is 5.76. The fraction of sp³-hybridized carbons (Fsp3) is 0.928. The molecule has 0 fully saturated rings. The molecule has 0 aromatic rings. The summed E-state index contributed by atoms with van der Waals surface area (Å²) in [5.74, 6) is -0.00521. The highest BCUT2D eigenvalue weighted by Crippen LogP contribution is 2.20. The molecule has 0 aliphatic heterocycles. The van der Waals surface area contributed by atoms with Gasteiger partial charge >= 0.3 is 5.97 Å². The van der Waals surface area contributed by atoms with Crippen LogP contribution in [0.3, 0.4) is 0 Å². The maximum Gasteiger partial charge on any atom is 0.305 e. The van der Waals surface area contributed by atoms with Gasteiger partial charge in [-0.25, -0.2) is 0 Å². The van der Waals surface area contributed by atoms with E-state index in [-0.39, 0.29) is 18.5 Å². The van der Waals surface area contributed by atoms with E-state index in [0.717, 1.165) is 44.9 Å². The molecule has 0 aliphatic carbocycles. The Bertz CT molecular complexity index is 1400. The summed E-state index contributed by atoms with van der Waals surface area (Å²) in [5, 5.41) is 23.4. The lowest BCUT2D eigenvalue weighted by molar-refractivity contribution is -0.143. The van der Waals surface area contributed by atoms with Gasteiger partial charge in [-0.3, -0.25) is 9.59 Å². The van der Waals surface area contributed by atoms with Crippen LogP contribution in [0.2, 0.25) is 0 Å². The van der Waals surface area contributed by atoms with Gasteiger partial charge in [-0.2, -0.15) is 0 Å². The highest BCUT2D eigenvalue weighted by Gasteiger charge is 2.20. The molecule has 89 heavy (non-hydrogen) atoms. The molecule has 2 atom stereocenters. The number of aliphatic hydroxyl groups excluding tert-OH is 2. The first-order chi connectivity index (χ1) is 44.0. The zero-order valence-electron chi connectivity index (χ0n) is 60.7. The van der Waals surface area contributed by atoms with E-state index in [1.54, 1.807) is 0 Å². The van der Waals surface area contributed by atoms with Gasteiger partial charge in [0, 0.05) is 12.8 Å². The number of hydrogen-bond donors (Lipinski definition) is 3. The van der Waals surface area contributed by atoms with Crippen molar-refractivity contribution in [1.29, 1.82) is 0 Å². The van der Waals surface area contributed by atoms with Crippen molar-refractivity contribution < 1.29 is 24.5 Å². The van der Waals surface area contributed by atoms with Crippen LogP contribution >= 0.6 is 0 Å². The Hall–Kier alpha value is -1.66. The highest BCUT2D eigenvalue weighted by atomic mass is 16.5. The van der Waals surface area contributed by atoms with E-state index < -0.39 is 12.1 Å². The Morgan fingerprint density at radius 3 is 0.854 bits per heavy atom. The molecule has 528 valence electrons. The van der Waals surface area contributed by atoms with E-state index in [0.29, 0.717) is 25.9 Å². The average molecular weight is 1250 g/mol. The topological polar surface area (TPSA) is 95.9 Å². The standard InChI is InChI=1S/C83H161NO5/c1-3-5-7-9-11-13-15-17-19-21-40-45-49-53-57-61-65-69-73-77-83(88)89-78-74-70-66-62-58-54-50-46-42-39-37-35-33-31-29-27-25-23-24-26-28-30-32-34-36-38-41-44-48-52-56-60-64-68-72-76-82(87)84-80(79-85)81(86)75-71-67-63-59-55-51-47-43-22-20-18-16-14-12-10-8-6-4-2/h25,27,31,33,80-81,85-86H,3-24,26,28-30,32,34-79H2,1-2H3,(H,84,87)/b27-25-,33-31-. The van der Waals surface area contributed by atoms with Gasteiger partial charge in [0.25, 0.3) is 0 Å². The molecular formula is C83H161NO5. The van der Waals surface area contributed by atoms with Gasteiger partial charge < -0.3 is 20.3 Å². The van der Waals surface area contributed by atoms with Crippen LogP contribution in [-0.2, 0) is 14.3 Å². The SMILES string of the molecule is CCCCCCCCCCCCCCCCCCCCCC(=O)OCCCCCCCCCCCCC/C=C\C/C=C\CCCCCCCCCCCCCCCCCCCC(=O)NC(CO)C(O)CCCCCCCCCCCCCCCCCCCC. The van der Waals surface area contributed by atoms with Crippen molar-refractivity contribution in [3.63, 3.8) is 0 Å². The molecule has 0 aliphatic rings. The summed E-state index contributed by atoms with van der Waals surface area (Å²) in [6, 6.07) is -0.540. The Labute approximate surface area is 558 Å². The molecule has 0 rings (SSSR count). The first-order valence-corrected chi connectivity index (χ1v) is 41.1. The molecular weight excluding hydrogens is 1090 g/mol. The maximum absolute atomic E-state index is 12.5. The minimum atomic E-state index is -0.663. The van der Waals surface area contributed by atoms with Crippen molar-refractivity contribution in [2.24, 2.45) is 0 Å². The molecule has 6 nitrogen and oxygen atoms in total. The van der Waals surface area contributed by atoms with E-state index in [2.05, 4.69) is 43.5 Å².